The third-order valence-electron chi connectivity index (χ3n) is 14.9. The molecule has 0 unspecified atom stereocenters. The van der Waals surface area contributed by atoms with Gasteiger partial charge in [-0.3, -0.25) is 0 Å². The first kappa shape index (κ1) is 40.4. The van der Waals surface area contributed by atoms with E-state index in [2.05, 4.69) is 221 Å². The number of nitrogens with zero attached hydrogens (tertiary/aromatic N) is 5. The van der Waals surface area contributed by atoms with Gasteiger partial charge < -0.3 is 4.40 Å². The standard InChI is InChI=1S/C68H43N5O.Pt/c1-43-32-33-48(70-42-71(61-31-15-14-30-60(61)70)67-50(45-18-6-3-7-19-45)25-16-26-51(67)46-20-8-4-9-21-46)37-65(43)74-49-34-35-53-56-39-57-55-28-17-27-54-52-24-12-13-29-59(52)73(68(54)55)64(57)40-63(56)72(62(53)38-49)66-36-44(2)58(41-69-66)47-22-10-5-11-23-47;/h3-36,39-41H,1-2H3;/q-2;/i2D3;. The van der Waals surface area contributed by atoms with E-state index in [-0.39, 0.29) is 5.56 Å². The van der Waals surface area contributed by atoms with Crippen LogP contribution >= 0.6 is 0 Å². The van der Waals surface area contributed by atoms with Crippen LogP contribution in [0.1, 0.15) is 15.2 Å². The number of imidazole rings is 1. The van der Waals surface area contributed by atoms with Crippen LogP contribution in [0.25, 0.3) is 122 Å². The number of hydrogen-bond acceptors (Lipinski definition) is 2. The van der Waals surface area contributed by atoms with Crippen molar-refractivity contribution in [3.8, 4) is 62.1 Å². The summed E-state index contributed by atoms with van der Waals surface area (Å²) < 4.78 is 43.4. The molecule has 15 aromatic rings. The molecule has 5 aromatic heterocycles. The minimum absolute atomic E-state index is 0.211. The van der Waals surface area contributed by atoms with E-state index in [1.807, 2.05) is 47.9 Å². The molecule has 0 bridgehead atoms. The van der Waals surface area contributed by atoms with Crippen LogP contribution < -0.4 is 4.74 Å². The first-order valence-corrected chi connectivity index (χ1v) is 26.1. The third kappa shape index (κ3) is 6.69. The van der Waals surface area contributed by atoms with E-state index < -0.39 is 6.85 Å². The Morgan fingerprint density at radius 2 is 1.07 bits per heavy atom. The molecule has 6 nitrogen and oxygen atoms in total. The molecule has 0 saturated heterocycles. The summed E-state index contributed by atoms with van der Waals surface area (Å²) in [5.41, 5.74) is 15.8. The van der Waals surface area contributed by atoms with Crippen molar-refractivity contribution in [3.63, 3.8) is 0 Å². The van der Waals surface area contributed by atoms with Crippen molar-refractivity contribution in [2.45, 2.75) is 13.8 Å². The smallest absolute Gasteiger partial charge is 0.0622 e. The molecule has 75 heavy (non-hydrogen) atoms. The average molecular weight is 1140 g/mol. The summed E-state index contributed by atoms with van der Waals surface area (Å²) in [6.07, 6.45) is 1.69. The Morgan fingerprint density at radius 1 is 0.467 bits per heavy atom. The number of hydrogen-bond donors (Lipinski definition) is 0. The fourth-order valence-electron chi connectivity index (χ4n) is 11.5. The van der Waals surface area contributed by atoms with Crippen LogP contribution in [0.4, 0.5) is 0 Å². The summed E-state index contributed by atoms with van der Waals surface area (Å²) in [5.74, 6) is 1.49. The molecule has 0 aliphatic heterocycles. The first-order chi connectivity index (χ1) is 38.2. The van der Waals surface area contributed by atoms with Crippen LogP contribution in [0.2, 0.25) is 0 Å². The Balaban J connectivity index is 0.919. The van der Waals surface area contributed by atoms with E-state index in [4.69, 9.17) is 13.8 Å². The fraction of sp³-hybridized carbons (Fsp3) is 0.0294. The van der Waals surface area contributed by atoms with E-state index in [0.29, 0.717) is 28.4 Å². The molecule has 15 rings (SSSR count). The molecular weight excluding hydrogens is 1100 g/mol. The molecule has 0 aliphatic carbocycles. The van der Waals surface area contributed by atoms with Gasteiger partial charge in [0.05, 0.1) is 16.6 Å². The van der Waals surface area contributed by atoms with Gasteiger partial charge in [0, 0.05) is 37.4 Å². The molecule has 0 spiro atoms. The molecule has 0 aliphatic rings. The van der Waals surface area contributed by atoms with Crippen LogP contribution in [-0.2, 0) is 19.4 Å². The molecule has 358 valence electrons. The molecule has 0 saturated carbocycles. The van der Waals surface area contributed by atoms with Crippen molar-refractivity contribution in [1.82, 2.24) is 23.1 Å². The summed E-state index contributed by atoms with van der Waals surface area (Å²) >= 11 is 2.46. The van der Waals surface area contributed by atoms with E-state index in [0.717, 1.165) is 92.3 Å². The Kier molecular flexibility index (Phi) is 9.15. The number of pyridine rings is 1. The Hall–Kier alpha value is -9.09. The molecule has 0 N–H and O–H groups in total. The van der Waals surface area contributed by atoms with Crippen LogP contribution in [0.15, 0.2) is 225 Å². The summed E-state index contributed by atoms with van der Waals surface area (Å²) in [6, 6.07) is 82.8. The third-order valence-corrected chi connectivity index (χ3v) is 15.9. The minimum atomic E-state index is -2.44. The number of para-hydroxylation sites is 5. The maximum absolute atomic E-state index is 8.82. The van der Waals surface area contributed by atoms with Crippen molar-refractivity contribution in [3.05, 3.63) is 252 Å². The SMILES string of the molecule is [2H]C([2H])([2H])c1cc(-n2c3[c-]c(Oc4[c-]c(-n5[c](=[Pt])n(-c6c(-c7ccccc7)cccc6-c6ccccc6)c6ccccc65)ccc4C)ccc3c3cc4c5cccc6c7ccccc7n(c4cc32)c65)ncc1-c1ccccc1. The average Bonchev–Trinajstić information content (AvgIpc) is 3.27. The summed E-state index contributed by atoms with van der Waals surface area (Å²) in [7, 11) is 0. The summed E-state index contributed by atoms with van der Waals surface area (Å²) in [6.45, 7) is -0.406. The molecular formula is C68H43N5OPt-2. The number of aromatic nitrogens is 5. The topological polar surface area (TPSA) is 41.3 Å². The Morgan fingerprint density at radius 3 is 1.77 bits per heavy atom. The van der Waals surface area contributed by atoms with E-state index in [9.17, 15) is 0 Å². The normalized spacial score (nSPS) is 12.7. The molecule has 0 amide bonds. The van der Waals surface area contributed by atoms with Gasteiger partial charge in [-0.05, 0) is 24.0 Å². The predicted octanol–water partition coefficient (Wildman–Crippen LogP) is 17.2. The monoisotopic (exact) mass is 1140 g/mol. The quantitative estimate of drug-likeness (QED) is 0.142. The van der Waals surface area contributed by atoms with Crippen molar-refractivity contribution in [2.75, 3.05) is 0 Å². The van der Waals surface area contributed by atoms with Gasteiger partial charge >= 0.3 is 301 Å². The fourth-order valence-corrected chi connectivity index (χ4v) is 12.6. The molecule has 7 heteroatoms. The second-order valence-electron chi connectivity index (χ2n) is 19.1. The second-order valence-corrected chi connectivity index (χ2v) is 20.1. The van der Waals surface area contributed by atoms with Gasteiger partial charge in [-0.2, -0.15) is 0 Å². The van der Waals surface area contributed by atoms with Gasteiger partial charge in [0.1, 0.15) is 0 Å². The minimum Gasteiger partial charge on any atom is -0.0622 e. The molecule has 5 heterocycles. The summed E-state index contributed by atoms with van der Waals surface area (Å²) in [5, 5.41) is 6.60. The predicted molar refractivity (Wildman–Crippen MR) is 303 cm³/mol. The zero-order chi connectivity index (χ0) is 52.4. The number of benzene rings is 10. The maximum atomic E-state index is 8.82. The van der Waals surface area contributed by atoms with Gasteiger partial charge in [0.15, 0.2) is 0 Å². The molecule has 10 aromatic carbocycles. The van der Waals surface area contributed by atoms with E-state index in [1.165, 1.54) is 21.7 Å². The van der Waals surface area contributed by atoms with Crippen molar-refractivity contribution >= 4 is 70.9 Å². The van der Waals surface area contributed by atoms with Crippen molar-refractivity contribution in [2.24, 2.45) is 0 Å². The molecule has 0 atom stereocenters. The second kappa shape index (κ2) is 17.0. The van der Waals surface area contributed by atoms with Gasteiger partial charge in [-0.1, -0.05) is 66.7 Å². The van der Waals surface area contributed by atoms with E-state index >= 15 is 0 Å². The number of aryl methyl sites for hydroxylation is 2. The van der Waals surface area contributed by atoms with Crippen LogP contribution in [-0.4, -0.2) is 23.1 Å². The molecule has 0 radical (unpaired) electrons. The molecule has 0 fully saturated rings. The van der Waals surface area contributed by atoms with Crippen LogP contribution in [0, 0.1) is 29.7 Å². The summed E-state index contributed by atoms with van der Waals surface area (Å²) in [4.78, 5) is 5.09. The zero-order valence-corrected chi connectivity index (χ0v) is 42.6. The van der Waals surface area contributed by atoms with Crippen LogP contribution in [0.3, 0.4) is 0 Å². The Labute approximate surface area is 447 Å². The van der Waals surface area contributed by atoms with Crippen molar-refractivity contribution < 1.29 is 28.2 Å². The number of ether oxygens (including phenoxy) is 1. The van der Waals surface area contributed by atoms with Gasteiger partial charge in [-0.25, -0.2) is 0 Å². The van der Waals surface area contributed by atoms with Gasteiger partial charge in [0.25, 0.3) is 0 Å². The van der Waals surface area contributed by atoms with Gasteiger partial charge in [-0.15, -0.1) is 0 Å². The Bertz CT molecular complexity index is 4900. The van der Waals surface area contributed by atoms with Crippen LogP contribution in [0.5, 0.6) is 11.5 Å². The first-order valence-electron chi connectivity index (χ1n) is 26.4. The number of rotatable bonds is 8. The van der Waals surface area contributed by atoms with Gasteiger partial charge in [0.2, 0.25) is 0 Å². The number of fused-ring (bicyclic) bond motifs is 10. The zero-order valence-electron chi connectivity index (χ0n) is 43.3. The van der Waals surface area contributed by atoms with Crippen molar-refractivity contribution in [1.29, 1.82) is 0 Å². The van der Waals surface area contributed by atoms with E-state index in [1.54, 1.807) is 12.3 Å².